The number of carbonyl (C=O) groups excluding carboxylic acids is 2. The number of allylic oxidation sites excluding steroid dienone is 2. The van der Waals surface area contributed by atoms with Gasteiger partial charge in [-0.15, -0.1) is 0 Å². The van der Waals surface area contributed by atoms with E-state index in [0.717, 1.165) is 47.3 Å². The predicted octanol–water partition coefficient (Wildman–Crippen LogP) is 5.63. The Balaban J connectivity index is 1.98. The Morgan fingerprint density at radius 1 is 1.07 bits per heavy atom. The molecule has 1 heterocycles. The van der Waals surface area contributed by atoms with Gasteiger partial charge < -0.3 is 13.9 Å². The van der Waals surface area contributed by atoms with Gasteiger partial charge in [-0.05, 0) is 58.9 Å². The van der Waals surface area contributed by atoms with Gasteiger partial charge in [0.25, 0.3) is 0 Å². The summed E-state index contributed by atoms with van der Waals surface area (Å²) in [5.74, 6) is 0.579. The molecule has 0 amide bonds. The Labute approximate surface area is 179 Å². The van der Waals surface area contributed by atoms with Gasteiger partial charge in [-0.25, -0.2) is 9.59 Å². The molecule has 1 saturated carbocycles. The molecule has 5 heteroatoms. The van der Waals surface area contributed by atoms with Crippen molar-refractivity contribution >= 4 is 11.9 Å². The van der Waals surface area contributed by atoms with Gasteiger partial charge in [-0.2, -0.15) is 0 Å². The lowest BCUT2D eigenvalue weighted by Gasteiger charge is -2.54. The zero-order valence-corrected chi connectivity index (χ0v) is 19.2. The molecular weight excluding hydrogens is 380 g/mol. The van der Waals surface area contributed by atoms with E-state index in [0.29, 0.717) is 0 Å². The smallest absolute Gasteiger partial charge is 0.331 e. The molecule has 2 aliphatic rings. The van der Waals surface area contributed by atoms with Crippen molar-refractivity contribution in [2.24, 2.45) is 17.3 Å². The fourth-order valence-electron chi connectivity index (χ4n) is 5.18. The van der Waals surface area contributed by atoms with Crippen molar-refractivity contribution in [2.75, 3.05) is 0 Å². The minimum atomic E-state index is -0.437. The van der Waals surface area contributed by atoms with Crippen molar-refractivity contribution in [3.8, 4) is 0 Å². The Morgan fingerprint density at radius 3 is 2.27 bits per heavy atom. The first-order valence-corrected chi connectivity index (χ1v) is 10.8. The fourth-order valence-corrected chi connectivity index (χ4v) is 5.18. The van der Waals surface area contributed by atoms with E-state index in [-0.39, 0.29) is 35.3 Å². The van der Waals surface area contributed by atoms with Crippen molar-refractivity contribution in [1.82, 2.24) is 0 Å². The quantitative estimate of drug-likeness (QED) is 0.472. The van der Waals surface area contributed by atoms with Crippen molar-refractivity contribution < 1.29 is 23.5 Å². The van der Waals surface area contributed by atoms with Gasteiger partial charge in [0.05, 0.1) is 6.26 Å². The van der Waals surface area contributed by atoms with E-state index in [4.69, 9.17) is 13.9 Å². The predicted molar refractivity (Wildman–Crippen MR) is 115 cm³/mol. The van der Waals surface area contributed by atoms with Gasteiger partial charge in [0.2, 0.25) is 0 Å². The maximum Gasteiger partial charge on any atom is 0.331 e. The molecule has 0 N–H and O–H groups in total. The van der Waals surface area contributed by atoms with Crippen molar-refractivity contribution in [2.45, 2.75) is 79.9 Å². The standard InChI is InChI=1S/C25H34O5/c1-14(2)10-21(26)29-19-9-8-18-12-20-23(16(5)13-28-20)24(25(18,7)17(19)6)30-22(27)11-15(3)4/h10-11,13,17-19,24H,8-9,12H2,1-7H3/t17-,18+,19-,24+,25+/m0/s1. The molecule has 3 rings (SSSR count). The van der Waals surface area contributed by atoms with Gasteiger partial charge in [0.1, 0.15) is 18.0 Å². The zero-order valence-electron chi connectivity index (χ0n) is 19.2. The Bertz CT molecular complexity index is 881. The van der Waals surface area contributed by atoms with Crippen LogP contribution in [0.25, 0.3) is 0 Å². The van der Waals surface area contributed by atoms with Crippen LogP contribution in [-0.2, 0) is 25.5 Å². The third-order valence-corrected chi connectivity index (χ3v) is 6.89. The van der Waals surface area contributed by atoms with E-state index < -0.39 is 6.10 Å². The highest BCUT2D eigenvalue weighted by Crippen LogP contribution is 2.60. The van der Waals surface area contributed by atoms with Crippen LogP contribution in [0.3, 0.4) is 0 Å². The van der Waals surface area contributed by atoms with Crippen LogP contribution >= 0.6 is 0 Å². The molecule has 164 valence electrons. The van der Waals surface area contributed by atoms with Gasteiger partial charge in [0, 0.05) is 35.5 Å². The highest BCUT2D eigenvalue weighted by molar-refractivity contribution is 5.83. The number of rotatable bonds is 4. The van der Waals surface area contributed by atoms with Gasteiger partial charge in [-0.1, -0.05) is 25.0 Å². The summed E-state index contributed by atoms with van der Waals surface area (Å²) in [6.45, 7) is 13.8. The highest BCUT2D eigenvalue weighted by Gasteiger charge is 2.57. The van der Waals surface area contributed by atoms with Crippen molar-refractivity contribution in [3.63, 3.8) is 0 Å². The summed E-state index contributed by atoms with van der Waals surface area (Å²) in [4.78, 5) is 25.0. The maximum atomic E-state index is 12.6. The van der Waals surface area contributed by atoms with E-state index in [9.17, 15) is 9.59 Å². The van der Waals surface area contributed by atoms with Crippen LogP contribution in [0.4, 0.5) is 0 Å². The van der Waals surface area contributed by atoms with Crippen LogP contribution in [0.1, 0.15) is 77.4 Å². The molecule has 0 aliphatic heterocycles. The number of hydrogen-bond acceptors (Lipinski definition) is 5. The third kappa shape index (κ3) is 4.12. The lowest BCUT2D eigenvalue weighted by molar-refractivity contribution is -0.182. The molecule has 0 saturated heterocycles. The zero-order chi connectivity index (χ0) is 22.2. The van der Waals surface area contributed by atoms with E-state index in [2.05, 4.69) is 13.8 Å². The summed E-state index contributed by atoms with van der Waals surface area (Å²) in [6, 6.07) is 0. The first-order valence-electron chi connectivity index (χ1n) is 10.8. The topological polar surface area (TPSA) is 65.7 Å². The number of aryl methyl sites for hydroxylation is 1. The van der Waals surface area contributed by atoms with Crippen molar-refractivity contribution in [1.29, 1.82) is 0 Å². The minimum Gasteiger partial charge on any atom is -0.469 e. The monoisotopic (exact) mass is 414 g/mol. The summed E-state index contributed by atoms with van der Waals surface area (Å²) < 4.78 is 17.8. The lowest BCUT2D eigenvalue weighted by Crippen LogP contribution is -2.53. The number of esters is 2. The molecule has 5 atom stereocenters. The van der Waals surface area contributed by atoms with Crippen LogP contribution in [-0.4, -0.2) is 18.0 Å². The first kappa shape index (κ1) is 22.4. The number of ether oxygens (including phenoxy) is 2. The van der Waals surface area contributed by atoms with Crippen LogP contribution in [0, 0.1) is 24.2 Å². The molecule has 0 bridgehead atoms. The highest BCUT2D eigenvalue weighted by atomic mass is 16.6. The molecule has 2 aliphatic carbocycles. The van der Waals surface area contributed by atoms with E-state index in [1.165, 1.54) is 12.2 Å². The van der Waals surface area contributed by atoms with Gasteiger partial charge in [0.15, 0.2) is 0 Å². The number of carbonyl (C=O) groups is 2. The summed E-state index contributed by atoms with van der Waals surface area (Å²) in [6.07, 6.45) is 6.67. The summed E-state index contributed by atoms with van der Waals surface area (Å²) >= 11 is 0. The normalized spacial score (nSPS) is 29.8. The third-order valence-electron chi connectivity index (χ3n) is 6.89. The van der Waals surface area contributed by atoms with Crippen LogP contribution in [0.5, 0.6) is 0 Å². The molecule has 1 aromatic heterocycles. The molecule has 0 spiro atoms. The molecule has 1 aromatic rings. The average Bonchev–Trinajstić information content (AvgIpc) is 2.98. The van der Waals surface area contributed by atoms with E-state index >= 15 is 0 Å². The van der Waals surface area contributed by atoms with Crippen LogP contribution < -0.4 is 0 Å². The number of fused-ring (bicyclic) bond motifs is 2. The second-order valence-electron chi connectivity index (χ2n) is 9.62. The number of hydrogen-bond donors (Lipinski definition) is 0. The van der Waals surface area contributed by atoms with E-state index in [1.807, 2.05) is 34.6 Å². The second kappa shape index (κ2) is 8.44. The van der Waals surface area contributed by atoms with Crippen LogP contribution in [0.2, 0.25) is 0 Å². The Kier molecular flexibility index (Phi) is 6.30. The Morgan fingerprint density at radius 2 is 1.67 bits per heavy atom. The summed E-state index contributed by atoms with van der Waals surface area (Å²) in [7, 11) is 0. The van der Waals surface area contributed by atoms with E-state index in [1.54, 1.807) is 6.26 Å². The second-order valence-corrected chi connectivity index (χ2v) is 9.62. The first-order chi connectivity index (χ1) is 14.0. The lowest BCUT2D eigenvalue weighted by atomic mass is 9.53. The summed E-state index contributed by atoms with van der Waals surface area (Å²) in [5, 5.41) is 0. The maximum absolute atomic E-state index is 12.6. The number of furan rings is 1. The molecule has 0 aromatic carbocycles. The molecule has 5 nitrogen and oxygen atoms in total. The van der Waals surface area contributed by atoms with Gasteiger partial charge >= 0.3 is 11.9 Å². The molecule has 0 unspecified atom stereocenters. The largest absolute Gasteiger partial charge is 0.469 e. The van der Waals surface area contributed by atoms with Gasteiger partial charge in [-0.3, -0.25) is 0 Å². The SMILES string of the molecule is CC(C)=CC(=O)O[C@H]1CC[C@@H]2Cc3occ(C)c3[C@@H](OC(=O)C=C(C)C)[C@]2(C)[C@H]1C. The fraction of sp³-hybridized carbons (Fsp3) is 0.600. The molecular formula is C25H34O5. The molecule has 30 heavy (non-hydrogen) atoms. The average molecular weight is 415 g/mol. The Hall–Kier alpha value is -2.30. The van der Waals surface area contributed by atoms with Crippen molar-refractivity contribution in [3.05, 3.63) is 46.4 Å². The minimum absolute atomic E-state index is 0.0257. The summed E-state index contributed by atoms with van der Waals surface area (Å²) in [5.41, 5.74) is 3.42. The molecule has 1 fully saturated rings. The van der Waals surface area contributed by atoms with Crippen LogP contribution in [0.15, 0.2) is 34.0 Å². The molecule has 0 radical (unpaired) electrons.